The summed E-state index contributed by atoms with van der Waals surface area (Å²) in [7, 11) is 0. The van der Waals surface area contributed by atoms with Crippen LogP contribution in [-0.4, -0.2) is 215 Å². The smallest absolute Gasteiger partial charge is 0.335 e. The number of amides is 10. The number of halogens is 1. The van der Waals surface area contributed by atoms with Crippen LogP contribution in [0, 0.1) is 0 Å². The quantitative estimate of drug-likeness (QED) is 0.0138. The van der Waals surface area contributed by atoms with Crippen molar-refractivity contribution < 1.29 is 87.8 Å². The molecule has 86 heavy (non-hydrogen) atoms. The molecule has 1 aliphatic rings. The van der Waals surface area contributed by atoms with Crippen molar-refractivity contribution in [2.75, 3.05) is 45.2 Å². The highest BCUT2D eigenvalue weighted by molar-refractivity contribution is 6.18. The first-order valence-electron chi connectivity index (χ1n) is 29.0. The minimum Gasteiger partial charge on any atom is -0.479 e. The monoisotopic (exact) mass is 1250 g/mol. The maximum Gasteiger partial charge on any atom is 0.335 e. The number of carboxylic acids is 1. The Hall–Kier alpha value is -6.65. The lowest BCUT2D eigenvalue weighted by atomic mass is 10.0. The predicted molar refractivity (Wildman–Crippen MR) is 310 cm³/mol. The van der Waals surface area contributed by atoms with Crippen molar-refractivity contribution in [3.63, 3.8) is 0 Å². The van der Waals surface area contributed by atoms with Gasteiger partial charge in [-0.1, -0.05) is 70.8 Å². The fraction of sp³-hybridized carbons (Fsp3) is 0.736. The van der Waals surface area contributed by atoms with Crippen LogP contribution in [0.25, 0.3) is 0 Å². The minimum atomic E-state index is -2.83. The molecule has 0 aromatic carbocycles. The van der Waals surface area contributed by atoms with E-state index in [-0.39, 0.29) is 58.4 Å². The first-order chi connectivity index (χ1) is 40.8. The molecule has 0 aromatic heterocycles. The molecule has 1 saturated heterocycles. The Morgan fingerprint density at radius 2 is 1.14 bits per heavy atom. The molecule has 1 aliphatic heterocycles. The molecule has 0 unspecified atom stereocenters. The Morgan fingerprint density at radius 1 is 0.616 bits per heavy atom. The summed E-state index contributed by atoms with van der Waals surface area (Å²) in [6.07, 6.45) is 0.184. The Kier molecular flexibility index (Phi) is 38.7. The average molecular weight is 1250 g/mol. The number of aliphatic hydroxyl groups excluding tert-OH is 4. The molecule has 0 aromatic rings. The number of aliphatic hydroxyl groups is 4. The van der Waals surface area contributed by atoms with E-state index in [1.165, 1.54) is 6.92 Å². The largest absolute Gasteiger partial charge is 0.479 e. The number of nitrogens with one attached hydrogen (secondary N) is 10. The maximum atomic E-state index is 14.3. The second-order valence-corrected chi connectivity index (χ2v) is 20.9. The SMILES string of the molecule is C/C=C1\NC(=O)[C@H]([C@H](C)O)NC(=O)[C@H](CCN)NC(=O)[C@H](CCCCN)NC(=O)[C@H](CC(=O)NCCN)NC(=O)[C@@H](CCN)NC(=O)[C@@H](NC(=O)C[C@H](O)CCCCCCCCCCC)COC(=O)[C@H]([C@H](O)CCl)NC(=O)[C@H]([C@H](O)C(=O)O)NC1=O. The molecule has 1 fully saturated rings. The number of ether oxygens (including phenoxy) is 1. The van der Waals surface area contributed by atoms with E-state index in [4.69, 9.17) is 39.3 Å². The molecule has 33 heteroatoms. The van der Waals surface area contributed by atoms with Crippen LogP contribution in [0.2, 0.25) is 0 Å². The van der Waals surface area contributed by atoms with Gasteiger partial charge in [-0.05, 0) is 72.0 Å². The number of alkyl halides is 1. The number of allylic oxidation sites excluding steroid dienone is 1. The number of rotatable bonds is 30. The summed E-state index contributed by atoms with van der Waals surface area (Å²) in [4.78, 5) is 165. The number of hydrogen-bond acceptors (Lipinski definition) is 21. The highest BCUT2D eigenvalue weighted by Gasteiger charge is 2.41. The van der Waals surface area contributed by atoms with E-state index >= 15 is 0 Å². The van der Waals surface area contributed by atoms with Gasteiger partial charge >= 0.3 is 11.9 Å². The van der Waals surface area contributed by atoms with E-state index < -0.39 is 181 Å². The van der Waals surface area contributed by atoms with Crippen LogP contribution in [0.1, 0.15) is 130 Å². The highest BCUT2D eigenvalue weighted by atomic mass is 35.5. The molecule has 0 spiro atoms. The molecule has 23 N–H and O–H groups in total. The van der Waals surface area contributed by atoms with Gasteiger partial charge in [0.25, 0.3) is 5.91 Å². The predicted octanol–water partition coefficient (Wildman–Crippen LogP) is -6.17. The summed E-state index contributed by atoms with van der Waals surface area (Å²) in [6, 6.07) is -15.5. The number of hydrogen-bond donors (Lipinski definition) is 19. The van der Waals surface area contributed by atoms with Crippen molar-refractivity contribution in [1.82, 2.24) is 53.2 Å². The number of esters is 1. The van der Waals surface area contributed by atoms with Crippen molar-refractivity contribution in [2.24, 2.45) is 22.9 Å². The van der Waals surface area contributed by atoms with Crippen molar-refractivity contribution in [1.29, 1.82) is 0 Å². The van der Waals surface area contributed by atoms with Gasteiger partial charge in [-0.15, -0.1) is 11.6 Å². The summed E-state index contributed by atoms with van der Waals surface area (Å²) in [6.45, 7) is 2.60. The summed E-state index contributed by atoms with van der Waals surface area (Å²) < 4.78 is 5.32. The van der Waals surface area contributed by atoms with Gasteiger partial charge in [-0.25, -0.2) is 9.59 Å². The topological polar surface area (TPSA) is 540 Å². The molecule has 0 radical (unpaired) electrons. The molecule has 10 amide bonds. The Bertz CT molecular complexity index is 2250. The van der Waals surface area contributed by atoms with Crippen molar-refractivity contribution in [2.45, 2.75) is 203 Å². The van der Waals surface area contributed by atoms with Crippen molar-refractivity contribution >= 4 is 82.6 Å². The lowest BCUT2D eigenvalue weighted by Gasteiger charge is -2.29. The minimum absolute atomic E-state index is 0.0393. The third kappa shape index (κ3) is 29.2. The van der Waals surface area contributed by atoms with Crippen LogP contribution in [-0.2, 0) is 62.3 Å². The molecule has 12 atom stereocenters. The molecule has 0 saturated carbocycles. The summed E-state index contributed by atoms with van der Waals surface area (Å²) in [5.74, 6) is -16.6. The molecule has 0 aliphatic carbocycles. The first kappa shape index (κ1) is 77.4. The zero-order valence-electron chi connectivity index (χ0n) is 49.2. The van der Waals surface area contributed by atoms with Gasteiger partial charge in [0, 0.05) is 13.1 Å². The van der Waals surface area contributed by atoms with Gasteiger partial charge in [0.15, 0.2) is 12.1 Å². The zero-order chi connectivity index (χ0) is 64.9. The summed E-state index contributed by atoms with van der Waals surface area (Å²) in [5.41, 5.74) is 22.2. The number of carbonyl (C=O) groups is 12. The Morgan fingerprint density at radius 3 is 1.66 bits per heavy atom. The summed E-state index contributed by atoms with van der Waals surface area (Å²) >= 11 is 5.88. The third-order valence-corrected chi connectivity index (χ3v) is 13.8. The number of unbranched alkanes of at least 4 members (excludes halogenated alkanes) is 9. The Balaban J connectivity index is 4.09. The number of aliphatic carboxylic acids is 1. The van der Waals surface area contributed by atoms with Gasteiger partial charge in [0.1, 0.15) is 54.6 Å². The molecular formula is C53H93ClN14O18. The van der Waals surface area contributed by atoms with Crippen LogP contribution in [0.15, 0.2) is 11.8 Å². The van der Waals surface area contributed by atoms with Crippen LogP contribution < -0.4 is 76.1 Å². The third-order valence-electron chi connectivity index (χ3n) is 13.4. The molecular weight excluding hydrogens is 1160 g/mol. The van der Waals surface area contributed by atoms with Gasteiger partial charge in [0.2, 0.25) is 53.2 Å². The highest BCUT2D eigenvalue weighted by Crippen LogP contribution is 2.14. The Labute approximate surface area is 504 Å². The average Bonchev–Trinajstić information content (AvgIpc) is 3.01. The van der Waals surface area contributed by atoms with E-state index in [1.807, 2.05) is 10.6 Å². The van der Waals surface area contributed by atoms with Gasteiger partial charge < -0.3 is 106 Å². The standard InChI is InChI=1S/C53H93ClN14O18/c1-4-6-7-8-9-10-11-12-13-16-30(70)25-39(73)60-36-28-86-53(85)41(37(71)27-54)67-51(82)42(43(74)52(83)84)68-44(75)31(5-2)61-50(81)40(29(3)69)66-47(78)34(19-22-57)63-45(76)32(17-14-15-20-55)62-48(79)35(26-38(72)59-24-23-58)65-46(77)33(18-21-56)64-49(36)80/h5,29-30,32-37,40-43,69-71,74H,4,6-28,55-58H2,1-3H3,(H,59,72)(H,60,73)(H,61,81)(H,62,79)(H,63,76)(H,64,80)(H,65,77)(H,66,78)(H,67,82)(H,68,75)(H,83,84)/b31-5-/t29-,30+,32-,33+,34-,35-,36-,37+,40-,41-,42-,43-/m0/s1. The number of carbonyl (C=O) groups excluding carboxylic acids is 11. The molecule has 1 heterocycles. The van der Waals surface area contributed by atoms with Gasteiger partial charge in [-0.3, -0.25) is 47.9 Å². The fourth-order valence-corrected chi connectivity index (χ4v) is 8.70. The van der Waals surface area contributed by atoms with E-state index in [9.17, 15) is 83.1 Å². The number of cyclic esters (lactones) is 1. The lowest BCUT2D eigenvalue weighted by molar-refractivity contribution is -0.155. The molecule has 490 valence electrons. The lowest BCUT2D eigenvalue weighted by Crippen LogP contribution is -2.62. The molecule has 1 rings (SSSR count). The van der Waals surface area contributed by atoms with E-state index in [0.29, 0.717) is 12.8 Å². The normalized spacial score (nSPS) is 24.0. The first-order valence-corrected chi connectivity index (χ1v) is 29.5. The maximum absolute atomic E-state index is 14.3. The van der Waals surface area contributed by atoms with Crippen LogP contribution in [0.5, 0.6) is 0 Å². The second kappa shape index (κ2) is 43.1. The van der Waals surface area contributed by atoms with E-state index in [1.54, 1.807) is 0 Å². The fourth-order valence-electron chi connectivity index (χ4n) is 8.52. The molecule has 0 bridgehead atoms. The summed E-state index contributed by atoms with van der Waals surface area (Å²) in [5, 5.41) is 75.5. The second-order valence-electron chi connectivity index (χ2n) is 20.6. The number of carboxylic acid groups (broad SMARTS) is 1. The van der Waals surface area contributed by atoms with Gasteiger partial charge in [-0.2, -0.15) is 0 Å². The zero-order valence-corrected chi connectivity index (χ0v) is 50.0. The van der Waals surface area contributed by atoms with Crippen molar-refractivity contribution in [3.05, 3.63) is 11.8 Å². The van der Waals surface area contributed by atoms with Crippen LogP contribution in [0.3, 0.4) is 0 Å². The van der Waals surface area contributed by atoms with Crippen molar-refractivity contribution in [3.8, 4) is 0 Å². The van der Waals surface area contributed by atoms with Crippen LogP contribution >= 0.6 is 11.6 Å². The number of nitrogens with two attached hydrogens (primary N) is 4. The van der Waals surface area contributed by atoms with Gasteiger partial charge in [0.05, 0.1) is 37.0 Å². The van der Waals surface area contributed by atoms with Crippen LogP contribution in [0.4, 0.5) is 0 Å². The van der Waals surface area contributed by atoms with E-state index in [0.717, 1.165) is 64.4 Å². The van der Waals surface area contributed by atoms with E-state index in [2.05, 4.69) is 49.5 Å². The molecule has 32 nitrogen and oxygen atoms in total.